The van der Waals surface area contributed by atoms with E-state index in [-0.39, 0.29) is 16.2 Å². The molecule has 0 aliphatic heterocycles. The summed E-state index contributed by atoms with van der Waals surface area (Å²) in [6.07, 6.45) is 2.82. The van der Waals surface area contributed by atoms with Crippen molar-refractivity contribution in [2.24, 2.45) is 0 Å². The molecule has 3 aromatic carbocycles. The van der Waals surface area contributed by atoms with E-state index in [9.17, 15) is 13.2 Å². The van der Waals surface area contributed by atoms with E-state index in [2.05, 4.69) is 15.2 Å². The molecule has 176 valence electrons. The molecule has 2 aromatic heterocycles. The van der Waals surface area contributed by atoms with E-state index in [4.69, 9.17) is 9.47 Å². The van der Waals surface area contributed by atoms with Crippen molar-refractivity contribution >= 4 is 26.9 Å². The predicted molar refractivity (Wildman–Crippen MR) is 129 cm³/mol. The van der Waals surface area contributed by atoms with Crippen LogP contribution < -0.4 is 4.74 Å². The van der Waals surface area contributed by atoms with Crippen LogP contribution in [0.1, 0.15) is 15.9 Å². The maximum absolute atomic E-state index is 13.3. The van der Waals surface area contributed by atoms with Gasteiger partial charge in [0.15, 0.2) is 5.82 Å². The van der Waals surface area contributed by atoms with Crippen molar-refractivity contribution in [2.75, 3.05) is 7.11 Å². The Balaban J connectivity index is 1.60. The number of ether oxygens (including phenoxy) is 2. The maximum Gasteiger partial charge on any atom is 0.342 e. The van der Waals surface area contributed by atoms with Gasteiger partial charge in [0.05, 0.1) is 17.5 Å². The van der Waals surface area contributed by atoms with Crippen LogP contribution in [0.15, 0.2) is 84.1 Å². The molecule has 0 atom stereocenters. The SMILES string of the molecule is COC(=O)c1c(Oc2cccc(-c3ncn[nH]3)c2)ccc2c1ccn2S(=O)(=O)c1ccc(C)cc1. The predicted octanol–water partition coefficient (Wildman–Crippen LogP) is 4.55. The van der Waals surface area contributed by atoms with Gasteiger partial charge in [0.2, 0.25) is 0 Å². The van der Waals surface area contributed by atoms with Crippen LogP contribution in [0, 0.1) is 6.92 Å². The van der Waals surface area contributed by atoms with Gasteiger partial charge in [-0.15, -0.1) is 0 Å². The molecule has 5 aromatic rings. The van der Waals surface area contributed by atoms with Crippen molar-refractivity contribution in [2.45, 2.75) is 11.8 Å². The van der Waals surface area contributed by atoms with Gasteiger partial charge in [0, 0.05) is 17.1 Å². The van der Waals surface area contributed by atoms with Crippen LogP contribution in [-0.2, 0) is 14.8 Å². The number of aryl methyl sites for hydroxylation is 1. The maximum atomic E-state index is 13.3. The molecule has 0 bridgehead atoms. The molecule has 0 aliphatic rings. The first-order chi connectivity index (χ1) is 16.9. The Hall–Kier alpha value is -4.44. The molecular formula is C25H20N4O5S. The number of hydrogen-bond acceptors (Lipinski definition) is 7. The monoisotopic (exact) mass is 488 g/mol. The Kier molecular flexibility index (Phi) is 5.58. The zero-order valence-corrected chi connectivity index (χ0v) is 19.6. The van der Waals surface area contributed by atoms with E-state index in [0.717, 1.165) is 15.1 Å². The molecule has 0 fully saturated rings. The highest BCUT2D eigenvalue weighted by Gasteiger charge is 2.24. The second-order valence-corrected chi connectivity index (χ2v) is 9.57. The van der Waals surface area contributed by atoms with Crippen LogP contribution in [-0.4, -0.2) is 40.7 Å². The fourth-order valence-electron chi connectivity index (χ4n) is 3.78. The molecule has 0 spiro atoms. The summed E-state index contributed by atoms with van der Waals surface area (Å²) in [4.78, 5) is 17.1. The van der Waals surface area contributed by atoms with E-state index in [1.165, 1.54) is 19.6 Å². The van der Waals surface area contributed by atoms with Gasteiger partial charge in [-0.05, 0) is 49.4 Å². The number of esters is 1. The number of fused-ring (bicyclic) bond motifs is 1. The highest BCUT2D eigenvalue weighted by atomic mass is 32.2. The third kappa shape index (κ3) is 4.04. The molecule has 5 rings (SSSR count). The smallest absolute Gasteiger partial charge is 0.342 e. The minimum Gasteiger partial charge on any atom is -0.465 e. The Morgan fingerprint density at radius 2 is 1.83 bits per heavy atom. The molecule has 0 saturated carbocycles. The van der Waals surface area contributed by atoms with Gasteiger partial charge in [-0.3, -0.25) is 5.10 Å². The number of nitrogens with zero attached hydrogens (tertiary/aromatic N) is 3. The summed E-state index contributed by atoms with van der Waals surface area (Å²) in [7, 11) is -2.62. The number of nitrogens with one attached hydrogen (secondary N) is 1. The van der Waals surface area contributed by atoms with Crippen molar-refractivity contribution in [3.8, 4) is 22.9 Å². The third-order valence-electron chi connectivity index (χ3n) is 5.52. The van der Waals surface area contributed by atoms with Crippen LogP contribution in [0.25, 0.3) is 22.3 Å². The topological polar surface area (TPSA) is 116 Å². The summed E-state index contributed by atoms with van der Waals surface area (Å²) in [5, 5.41) is 7.03. The Morgan fingerprint density at radius 3 is 2.54 bits per heavy atom. The molecule has 0 amide bonds. The minimum atomic E-state index is -3.88. The summed E-state index contributed by atoms with van der Waals surface area (Å²) in [6, 6.07) is 18.4. The van der Waals surface area contributed by atoms with E-state index in [1.54, 1.807) is 60.7 Å². The van der Waals surface area contributed by atoms with Crippen molar-refractivity contribution in [3.05, 3.63) is 90.4 Å². The fourth-order valence-corrected chi connectivity index (χ4v) is 5.13. The van der Waals surface area contributed by atoms with Gasteiger partial charge >= 0.3 is 5.97 Å². The molecule has 1 N–H and O–H groups in total. The summed E-state index contributed by atoms with van der Waals surface area (Å²) >= 11 is 0. The van der Waals surface area contributed by atoms with Crippen molar-refractivity contribution < 1.29 is 22.7 Å². The van der Waals surface area contributed by atoms with Gasteiger partial charge in [-0.25, -0.2) is 22.2 Å². The largest absolute Gasteiger partial charge is 0.465 e. The summed E-state index contributed by atoms with van der Waals surface area (Å²) in [5.41, 5.74) is 2.14. The van der Waals surface area contributed by atoms with Gasteiger partial charge < -0.3 is 9.47 Å². The summed E-state index contributed by atoms with van der Waals surface area (Å²) in [6.45, 7) is 1.88. The number of aromatic nitrogens is 4. The Morgan fingerprint density at radius 1 is 1.03 bits per heavy atom. The van der Waals surface area contributed by atoms with Crippen molar-refractivity contribution in [3.63, 3.8) is 0 Å². The number of rotatable bonds is 6. The normalized spacial score (nSPS) is 11.5. The van der Waals surface area contributed by atoms with Crippen LogP contribution in [0.4, 0.5) is 0 Å². The van der Waals surface area contributed by atoms with Gasteiger partial charge in [0.25, 0.3) is 10.0 Å². The summed E-state index contributed by atoms with van der Waals surface area (Å²) < 4.78 is 38.8. The molecule has 0 unspecified atom stereocenters. The standard InChI is InChI=1S/C25H20N4O5S/c1-16-6-8-19(9-7-16)35(31,32)29-13-12-20-21(29)10-11-22(23(20)25(30)33-2)34-18-5-3-4-17(14-18)24-26-15-27-28-24/h3-15H,1-2H3,(H,26,27,28). The second-order valence-electron chi connectivity index (χ2n) is 7.76. The fraction of sp³-hybridized carbons (Fsp3) is 0.0800. The lowest BCUT2D eigenvalue weighted by Crippen LogP contribution is -2.12. The highest BCUT2D eigenvalue weighted by Crippen LogP contribution is 2.35. The lowest BCUT2D eigenvalue weighted by Gasteiger charge is -2.13. The third-order valence-corrected chi connectivity index (χ3v) is 7.22. The minimum absolute atomic E-state index is 0.118. The first kappa shape index (κ1) is 22.4. The van der Waals surface area contributed by atoms with E-state index in [1.807, 2.05) is 13.0 Å². The molecule has 10 heteroatoms. The molecule has 0 radical (unpaired) electrons. The van der Waals surface area contributed by atoms with Crippen LogP contribution in [0.3, 0.4) is 0 Å². The van der Waals surface area contributed by atoms with Gasteiger partial charge in [0.1, 0.15) is 23.4 Å². The van der Waals surface area contributed by atoms with Gasteiger partial charge in [-0.1, -0.05) is 29.8 Å². The number of benzene rings is 3. The van der Waals surface area contributed by atoms with E-state index >= 15 is 0 Å². The number of H-pyrrole nitrogens is 1. The average molecular weight is 489 g/mol. The van der Waals surface area contributed by atoms with E-state index < -0.39 is 16.0 Å². The number of carbonyl (C=O) groups is 1. The molecule has 0 aliphatic carbocycles. The Labute approximate surface area is 201 Å². The molecule has 0 saturated heterocycles. The number of methoxy groups -OCH3 is 1. The van der Waals surface area contributed by atoms with Crippen molar-refractivity contribution in [1.29, 1.82) is 0 Å². The number of hydrogen-bond donors (Lipinski definition) is 1. The van der Waals surface area contributed by atoms with E-state index in [0.29, 0.717) is 22.5 Å². The Bertz CT molecular complexity index is 1640. The molecular weight excluding hydrogens is 468 g/mol. The second kappa shape index (κ2) is 8.73. The molecule has 2 heterocycles. The number of carbonyl (C=O) groups excluding carboxylic acids is 1. The average Bonchev–Trinajstić information content (AvgIpc) is 3.55. The zero-order valence-electron chi connectivity index (χ0n) is 18.8. The highest BCUT2D eigenvalue weighted by molar-refractivity contribution is 7.90. The van der Waals surface area contributed by atoms with Crippen LogP contribution in [0.2, 0.25) is 0 Å². The summed E-state index contributed by atoms with van der Waals surface area (Å²) in [5.74, 6) is 0.597. The van der Waals surface area contributed by atoms with Crippen LogP contribution >= 0.6 is 0 Å². The van der Waals surface area contributed by atoms with Crippen molar-refractivity contribution in [1.82, 2.24) is 19.2 Å². The quantitative estimate of drug-likeness (QED) is 0.349. The molecule has 35 heavy (non-hydrogen) atoms. The zero-order chi connectivity index (χ0) is 24.6. The van der Waals surface area contributed by atoms with Gasteiger partial charge in [-0.2, -0.15) is 5.10 Å². The lowest BCUT2D eigenvalue weighted by molar-refractivity contribution is 0.0600. The first-order valence-corrected chi connectivity index (χ1v) is 12.0. The molecule has 9 nitrogen and oxygen atoms in total. The van der Waals surface area contributed by atoms with Crippen LogP contribution in [0.5, 0.6) is 11.5 Å². The first-order valence-electron chi connectivity index (χ1n) is 10.6. The number of aromatic amines is 1. The lowest BCUT2D eigenvalue weighted by atomic mass is 10.1.